The van der Waals surface area contributed by atoms with Gasteiger partial charge in [-0.3, -0.25) is 14.2 Å². The zero-order chi connectivity index (χ0) is 31.5. The molecule has 5 aromatic rings. The summed E-state index contributed by atoms with van der Waals surface area (Å²) in [5.74, 6) is 0.311. The molecule has 0 spiro atoms. The Bertz CT molecular complexity index is 2060. The number of ether oxygens (including phenoxy) is 1. The van der Waals surface area contributed by atoms with Crippen LogP contribution < -0.4 is 24.9 Å². The van der Waals surface area contributed by atoms with E-state index in [1.54, 1.807) is 22.8 Å². The van der Waals surface area contributed by atoms with E-state index in [0.717, 1.165) is 16.7 Å². The summed E-state index contributed by atoms with van der Waals surface area (Å²) in [7, 11) is 0. The second kappa shape index (κ2) is 12.9. The van der Waals surface area contributed by atoms with Crippen molar-refractivity contribution in [2.45, 2.75) is 39.3 Å². The van der Waals surface area contributed by atoms with Gasteiger partial charge in [-0.25, -0.2) is 9.38 Å². The van der Waals surface area contributed by atoms with Gasteiger partial charge in [-0.1, -0.05) is 98.0 Å². The Hall–Kier alpha value is -5.08. The molecule has 1 aliphatic rings. The number of nitrogens with zero attached hydrogens (tertiary/aromatic N) is 2. The first-order valence-electron chi connectivity index (χ1n) is 14.7. The molecule has 1 N–H and O–H groups in total. The lowest BCUT2D eigenvalue weighted by atomic mass is 9.93. The van der Waals surface area contributed by atoms with E-state index in [9.17, 15) is 14.0 Å². The first-order valence-corrected chi connectivity index (χ1v) is 15.5. The van der Waals surface area contributed by atoms with Gasteiger partial charge >= 0.3 is 0 Å². The Morgan fingerprint density at radius 3 is 2.38 bits per heavy atom. The van der Waals surface area contributed by atoms with E-state index < -0.39 is 6.04 Å². The van der Waals surface area contributed by atoms with Gasteiger partial charge in [0.25, 0.3) is 11.5 Å². The predicted molar refractivity (Wildman–Crippen MR) is 177 cm³/mol. The van der Waals surface area contributed by atoms with E-state index in [0.29, 0.717) is 38.0 Å². The van der Waals surface area contributed by atoms with E-state index in [1.807, 2.05) is 85.8 Å². The number of amides is 1. The van der Waals surface area contributed by atoms with Gasteiger partial charge < -0.3 is 10.1 Å². The second-order valence-electron chi connectivity index (χ2n) is 11.2. The van der Waals surface area contributed by atoms with Gasteiger partial charge in [0, 0.05) is 11.3 Å². The summed E-state index contributed by atoms with van der Waals surface area (Å²) >= 11 is 1.27. The van der Waals surface area contributed by atoms with E-state index >= 15 is 0 Å². The van der Waals surface area contributed by atoms with Crippen molar-refractivity contribution in [2.24, 2.45) is 4.99 Å². The fourth-order valence-corrected chi connectivity index (χ4v) is 6.36. The van der Waals surface area contributed by atoms with Gasteiger partial charge in [0.2, 0.25) is 0 Å². The zero-order valence-corrected chi connectivity index (χ0v) is 26.0. The van der Waals surface area contributed by atoms with Gasteiger partial charge in [0.1, 0.15) is 18.2 Å². The number of hydrogen-bond acceptors (Lipinski definition) is 5. The van der Waals surface area contributed by atoms with Crippen LogP contribution in [0.4, 0.5) is 10.1 Å². The Morgan fingerprint density at radius 2 is 1.67 bits per heavy atom. The van der Waals surface area contributed by atoms with Crippen molar-refractivity contribution in [3.05, 3.63) is 162 Å². The van der Waals surface area contributed by atoms with Crippen LogP contribution in [-0.2, 0) is 11.4 Å². The molecular formula is C37H32FN3O3S. The minimum atomic E-state index is -0.668. The molecule has 0 radical (unpaired) electrons. The SMILES string of the molecule is CC1=C(C(=O)Nc2ccccc2)[C@H](c2ccc(C(C)C)cc2)n2c(s/c(=C\c3ccccc3OCc3ccc(F)cc3)c2=O)=N1. The molecule has 1 amide bonds. The number of benzene rings is 4. The standard InChI is InChI=1S/C37H32FN3O3S/c1-23(2)26-15-17-27(18-16-26)34-33(35(42)40-30-10-5-4-6-11-30)24(3)39-37-41(34)36(43)32(45-37)21-28-9-7-8-12-31(28)44-22-25-13-19-29(38)20-14-25/h4-21,23,34H,22H2,1-3H3,(H,40,42)/b32-21-/t34-/m0/s1. The van der Waals surface area contributed by atoms with Crippen molar-refractivity contribution in [1.82, 2.24) is 4.57 Å². The van der Waals surface area contributed by atoms with Crippen molar-refractivity contribution in [3.8, 4) is 5.75 Å². The molecule has 8 heteroatoms. The third-order valence-corrected chi connectivity index (χ3v) is 8.71. The number of anilines is 1. The Kier molecular flexibility index (Phi) is 8.58. The third-order valence-electron chi connectivity index (χ3n) is 7.73. The van der Waals surface area contributed by atoms with Crippen molar-refractivity contribution in [2.75, 3.05) is 5.32 Å². The smallest absolute Gasteiger partial charge is 0.271 e. The quantitative estimate of drug-likeness (QED) is 0.210. The van der Waals surface area contributed by atoms with Crippen LogP contribution in [0, 0.1) is 5.82 Å². The molecule has 0 fully saturated rings. The topological polar surface area (TPSA) is 72.7 Å². The third kappa shape index (κ3) is 6.42. The van der Waals surface area contributed by atoms with E-state index in [1.165, 1.54) is 29.0 Å². The van der Waals surface area contributed by atoms with Gasteiger partial charge in [0.05, 0.1) is 21.8 Å². The highest BCUT2D eigenvalue weighted by Gasteiger charge is 2.32. The lowest BCUT2D eigenvalue weighted by Crippen LogP contribution is -2.40. The molecule has 0 saturated heterocycles. The summed E-state index contributed by atoms with van der Waals surface area (Å²) in [6.45, 7) is 6.31. The first kappa shape index (κ1) is 30.0. The second-order valence-corrected chi connectivity index (χ2v) is 12.2. The average molecular weight is 618 g/mol. The van der Waals surface area contributed by atoms with Crippen molar-refractivity contribution in [3.63, 3.8) is 0 Å². The van der Waals surface area contributed by atoms with Crippen molar-refractivity contribution >= 4 is 29.0 Å². The minimum Gasteiger partial charge on any atom is -0.488 e. The zero-order valence-electron chi connectivity index (χ0n) is 25.2. The number of fused-ring (bicyclic) bond motifs is 1. The number of rotatable bonds is 8. The molecule has 2 heterocycles. The maximum absolute atomic E-state index is 14.2. The summed E-state index contributed by atoms with van der Waals surface area (Å²) < 4.78 is 21.5. The number of hydrogen-bond donors (Lipinski definition) is 1. The highest BCUT2D eigenvalue weighted by molar-refractivity contribution is 7.07. The van der Waals surface area contributed by atoms with Gasteiger partial charge in [-0.2, -0.15) is 0 Å². The monoisotopic (exact) mass is 617 g/mol. The van der Waals surface area contributed by atoms with Crippen molar-refractivity contribution in [1.29, 1.82) is 0 Å². The van der Waals surface area contributed by atoms with Gasteiger partial charge in [0.15, 0.2) is 4.80 Å². The average Bonchev–Trinajstić information content (AvgIpc) is 3.34. The van der Waals surface area contributed by atoms with Gasteiger partial charge in [-0.15, -0.1) is 0 Å². The van der Waals surface area contributed by atoms with Crippen LogP contribution in [0.15, 0.2) is 124 Å². The molecule has 1 aromatic heterocycles. The number of para-hydroxylation sites is 2. The van der Waals surface area contributed by atoms with Crippen LogP contribution in [0.25, 0.3) is 6.08 Å². The highest BCUT2D eigenvalue weighted by atomic mass is 32.1. The van der Waals surface area contributed by atoms with E-state index in [-0.39, 0.29) is 23.9 Å². The normalized spacial score (nSPS) is 14.7. The Balaban J connectivity index is 1.42. The molecule has 1 atom stereocenters. The van der Waals surface area contributed by atoms with Crippen molar-refractivity contribution < 1.29 is 13.9 Å². The summed E-state index contributed by atoms with van der Waals surface area (Å²) in [5.41, 5.74) is 4.91. The molecule has 0 unspecified atom stereocenters. The molecule has 45 heavy (non-hydrogen) atoms. The Labute approximate surface area is 264 Å². The van der Waals surface area contributed by atoms with Crippen LogP contribution in [-0.4, -0.2) is 10.5 Å². The molecule has 4 aromatic carbocycles. The fraction of sp³-hybridized carbons (Fsp3) is 0.162. The molecule has 6 rings (SSSR count). The summed E-state index contributed by atoms with van der Waals surface area (Å²) in [6, 6.07) is 30.3. The summed E-state index contributed by atoms with van der Waals surface area (Å²) in [5, 5.41) is 2.99. The lowest BCUT2D eigenvalue weighted by molar-refractivity contribution is -0.113. The van der Waals surface area contributed by atoms with Gasteiger partial charge in [-0.05, 0) is 65.9 Å². The highest BCUT2D eigenvalue weighted by Crippen LogP contribution is 2.32. The van der Waals surface area contributed by atoms with Crippen LogP contribution in [0.2, 0.25) is 0 Å². The molecule has 1 aliphatic heterocycles. The summed E-state index contributed by atoms with van der Waals surface area (Å²) in [4.78, 5) is 33.3. The minimum absolute atomic E-state index is 0.248. The number of carbonyl (C=O) groups is 1. The number of aromatic nitrogens is 1. The lowest BCUT2D eigenvalue weighted by Gasteiger charge is -2.25. The van der Waals surface area contributed by atoms with Crippen LogP contribution in [0.5, 0.6) is 5.75 Å². The molecular weight excluding hydrogens is 585 g/mol. The van der Waals surface area contributed by atoms with E-state index in [2.05, 4.69) is 19.2 Å². The molecule has 6 nitrogen and oxygen atoms in total. The number of thiazole rings is 1. The number of nitrogens with one attached hydrogen (secondary N) is 1. The molecule has 0 saturated carbocycles. The summed E-state index contributed by atoms with van der Waals surface area (Å²) in [6.07, 6.45) is 1.80. The first-order chi connectivity index (χ1) is 21.8. The van der Waals surface area contributed by atoms with Crippen LogP contribution in [0.1, 0.15) is 55.0 Å². The Morgan fingerprint density at radius 1 is 0.978 bits per heavy atom. The van der Waals surface area contributed by atoms with E-state index in [4.69, 9.17) is 9.73 Å². The number of carbonyl (C=O) groups excluding carboxylic acids is 1. The number of halogens is 1. The maximum Gasteiger partial charge on any atom is 0.271 e. The molecule has 226 valence electrons. The largest absolute Gasteiger partial charge is 0.488 e. The molecule has 0 aliphatic carbocycles. The van der Waals surface area contributed by atoms with Crippen LogP contribution >= 0.6 is 11.3 Å². The fourth-order valence-electron chi connectivity index (χ4n) is 5.32. The molecule has 0 bridgehead atoms. The van der Waals surface area contributed by atoms with Crippen LogP contribution in [0.3, 0.4) is 0 Å². The maximum atomic E-state index is 14.2. The predicted octanol–water partition coefficient (Wildman–Crippen LogP) is 6.72. The number of allylic oxidation sites excluding steroid dienone is 1.